The largest absolute Gasteiger partial charge is 0.489 e. The summed E-state index contributed by atoms with van der Waals surface area (Å²) in [6, 6.07) is 18.1. The van der Waals surface area contributed by atoms with E-state index in [1.807, 2.05) is 42.5 Å². The third kappa shape index (κ3) is 6.26. The fraction of sp³-hybridized carbons (Fsp3) is 0.409. The average Bonchev–Trinajstić information content (AvgIpc) is 2.67. The Labute approximate surface area is 152 Å². The van der Waals surface area contributed by atoms with E-state index in [0.717, 1.165) is 55.6 Å². The summed E-state index contributed by atoms with van der Waals surface area (Å²) in [7, 11) is 0. The number of nitrogens with zero attached hydrogens (tertiary/aromatic N) is 1. The first-order valence-electron chi connectivity index (χ1n) is 9.35. The van der Waals surface area contributed by atoms with Gasteiger partial charge in [-0.2, -0.15) is 0 Å². The molecule has 3 nitrogen and oxygen atoms in total. The van der Waals surface area contributed by atoms with E-state index in [0.29, 0.717) is 12.4 Å². The lowest BCUT2D eigenvalue weighted by molar-refractivity contribution is 0.306. The zero-order valence-corrected chi connectivity index (χ0v) is 15.5. The number of unbranched alkanes of at least 4 members (excludes halogenated alkanes) is 2. The number of hydrogen-bond acceptors (Lipinski definition) is 2. The smallest absolute Gasteiger partial charge is 0.128 e. The molecule has 0 aliphatic carbocycles. The van der Waals surface area contributed by atoms with Gasteiger partial charge in [-0.05, 0) is 42.7 Å². The SMILES string of the molecule is CCCCN(CCCC)C(=N)c1ccc(OCc2ccccc2)cc1. The molecule has 0 atom stereocenters. The second-order valence-corrected chi connectivity index (χ2v) is 6.34. The number of nitrogens with one attached hydrogen (secondary N) is 1. The van der Waals surface area contributed by atoms with E-state index >= 15 is 0 Å². The van der Waals surface area contributed by atoms with Gasteiger partial charge in [0.25, 0.3) is 0 Å². The van der Waals surface area contributed by atoms with Gasteiger partial charge in [0, 0.05) is 18.7 Å². The molecule has 0 aliphatic heterocycles. The molecule has 0 aliphatic rings. The Hall–Kier alpha value is -2.29. The van der Waals surface area contributed by atoms with E-state index < -0.39 is 0 Å². The van der Waals surface area contributed by atoms with Crippen LogP contribution in [0.4, 0.5) is 0 Å². The number of benzene rings is 2. The zero-order chi connectivity index (χ0) is 17.9. The molecule has 0 radical (unpaired) electrons. The highest BCUT2D eigenvalue weighted by atomic mass is 16.5. The Kier molecular flexibility index (Phi) is 8.03. The molecule has 1 N–H and O–H groups in total. The molecule has 134 valence electrons. The molecule has 2 aromatic carbocycles. The molecule has 0 amide bonds. The zero-order valence-electron chi connectivity index (χ0n) is 15.5. The Morgan fingerprint density at radius 1 is 0.880 bits per heavy atom. The lowest BCUT2D eigenvalue weighted by Gasteiger charge is -2.25. The predicted molar refractivity (Wildman–Crippen MR) is 105 cm³/mol. The first kappa shape index (κ1) is 19.0. The van der Waals surface area contributed by atoms with Gasteiger partial charge in [-0.3, -0.25) is 5.41 Å². The van der Waals surface area contributed by atoms with Gasteiger partial charge in [-0.1, -0.05) is 57.0 Å². The second-order valence-electron chi connectivity index (χ2n) is 6.34. The molecule has 0 spiro atoms. The van der Waals surface area contributed by atoms with Crippen LogP contribution in [0.2, 0.25) is 0 Å². The summed E-state index contributed by atoms with van der Waals surface area (Å²) >= 11 is 0. The molecule has 0 saturated carbocycles. The van der Waals surface area contributed by atoms with E-state index in [1.54, 1.807) is 0 Å². The third-order valence-electron chi connectivity index (χ3n) is 4.26. The van der Waals surface area contributed by atoms with E-state index in [1.165, 1.54) is 0 Å². The summed E-state index contributed by atoms with van der Waals surface area (Å²) in [5.41, 5.74) is 2.11. The third-order valence-corrected chi connectivity index (χ3v) is 4.26. The lowest BCUT2D eigenvalue weighted by atomic mass is 10.1. The number of amidine groups is 1. The van der Waals surface area contributed by atoms with E-state index in [2.05, 4.69) is 30.9 Å². The molecule has 0 saturated heterocycles. The molecule has 2 rings (SSSR count). The minimum Gasteiger partial charge on any atom is -0.489 e. The van der Waals surface area contributed by atoms with Crippen molar-refractivity contribution in [3.05, 3.63) is 65.7 Å². The summed E-state index contributed by atoms with van der Waals surface area (Å²) in [6.45, 7) is 6.88. The topological polar surface area (TPSA) is 36.3 Å². The van der Waals surface area contributed by atoms with Crippen LogP contribution in [0.5, 0.6) is 5.75 Å². The molecule has 0 aromatic heterocycles. The van der Waals surface area contributed by atoms with Crippen LogP contribution in [0.15, 0.2) is 54.6 Å². The Balaban J connectivity index is 1.95. The Morgan fingerprint density at radius 3 is 2.04 bits per heavy atom. The molecule has 0 bridgehead atoms. The second kappa shape index (κ2) is 10.5. The summed E-state index contributed by atoms with van der Waals surface area (Å²) in [4.78, 5) is 2.20. The standard InChI is InChI=1S/C22H30N2O/c1-3-5-16-24(17-6-4-2)22(23)20-12-14-21(15-13-20)25-18-19-10-8-7-9-11-19/h7-15,23H,3-6,16-18H2,1-2H3. The number of rotatable bonds is 10. The van der Waals surface area contributed by atoms with Crippen molar-refractivity contribution in [3.8, 4) is 5.75 Å². The van der Waals surface area contributed by atoms with Gasteiger partial charge in [0.2, 0.25) is 0 Å². The first-order chi connectivity index (χ1) is 12.2. The van der Waals surface area contributed by atoms with Crippen molar-refractivity contribution in [3.63, 3.8) is 0 Å². The summed E-state index contributed by atoms with van der Waals surface area (Å²) in [6.07, 6.45) is 4.57. The van der Waals surface area contributed by atoms with E-state index in [9.17, 15) is 0 Å². The fourth-order valence-electron chi connectivity index (χ4n) is 2.67. The van der Waals surface area contributed by atoms with Gasteiger partial charge in [0.05, 0.1) is 0 Å². The number of hydrogen-bond donors (Lipinski definition) is 1. The Bertz CT molecular complexity index is 614. The predicted octanol–water partition coefficient (Wildman–Crippen LogP) is 5.49. The molecule has 0 fully saturated rings. The molecule has 3 heteroatoms. The van der Waals surface area contributed by atoms with Crippen molar-refractivity contribution in [2.24, 2.45) is 0 Å². The summed E-state index contributed by atoms with van der Waals surface area (Å²) in [5, 5.41) is 8.54. The fourth-order valence-corrected chi connectivity index (χ4v) is 2.67. The van der Waals surface area contributed by atoms with Crippen LogP contribution < -0.4 is 4.74 Å². The first-order valence-corrected chi connectivity index (χ1v) is 9.35. The van der Waals surface area contributed by atoms with Crippen molar-refractivity contribution in [2.45, 2.75) is 46.1 Å². The van der Waals surface area contributed by atoms with Gasteiger partial charge >= 0.3 is 0 Å². The normalized spacial score (nSPS) is 10.5. The van der Waals surface area contributed by atoms with Crippen molar-refractivity contribution in [1.82, 2.24) is 4.90 Å². The summed E-state index contributed by atoms with van der Waals surface area (Å²) < 4.78 is 5.83. The van der Waals surface area contributed by atoms with Crippen LogP contribution in [-0.4, -0.2) is 23.8 Å². The summed E-state index contributed by atoms with van der Waals surface area (Å²) in [5.74, 6) is 1.46. The van der Waals surface area contributed by atoms with Crippen molar-refractivity contribution in [1.29, 1.82) is 5.41 Å². The highest BCUT2D eigenvalue weighted by molar-refractivity contribution is 5.96. The highest BCUT2D eigenvalue weighted by Crippen LogP contribution is 2.16. The minimum absolute atomic E-state index is 0.566. The van der Waals surface area contributed by atoms with Crippen LogP contribution in [0, 0.1) is 5.41 Å². The average molecular weight is 338 g/mol. The maximum atomic E-state index is 8.54. The van der Waals surface area contributed by atoms with E-state index in [-0.39, 0.29) is 0 Å². The minimum atomic E-state index is 0.566. The highest BCUT2D eigenvalue weighted by Gasteiger charge is 2.11. The maximum Gasteiger partial charge on any atom is 0.128 e. The van der Waals surface area contributed by atoms with Crippen LogP contribution >= 0.6 is 0 Å². The Morgan fingerprint density at radius 2 is 1.48 bits per heavy atom. The molecule has 25 heavy (non-hydrogen) atoms. The van der Waals surface area contributed by atoms with Gasteiger partial charge in [-0.15, -0.1) is 0 Å². The quantitative estimate of drug-likeness (QED) is 0.459. The monoisotopic (exact) mass is 338 g/mol. The maximum absolute atomic E-state index is 8.54. The van der Waals surface area contributed by atoms with Crippen LogP contribution in [0.1, 0.15) is 50.7 Å². The van der Waals surface area contributed by atoms with Crippen molar-refractivity contribution < 1.29 is 4.74 Å². The van der Waals surface area contributed by atoms with Gasteiger partial charge in [0.1, 0.15) is 18.2 Å². The molecular formula is C22H30N2O. The molecule has 2 aromatic rings. The molecule has 0 unspecified atom stereocenters. The van der Waals surface area contributed by atoms with Gasteiger partial charge in [-0.25, -0.2) is 0 Å². The molecule has 0 heterocycles. The molecular weight excluding hydrogens is 308 g/mol. The van der Waals surface area contributed by atoms with Crippen molar-refractivity contribution >= 4 is 5.84 Å². The van der Waals surface area contributed by atoms with Crippen molar-refractivity contribution in [2.75, 3.05) is 13.1 Å². The lowest BCUT2D eigenvalue weighted by Crippen LogP contribution is -2.32. The van der Waals surface area contributed by atoms with Gasteiger partial charge in [0.15, 0.2) is 0 Å². The van der Waals surface area contributed by atoms with Crippen LogP contribution in [0.25, 0.3) is 0 Å². The van der Waals surface area contributed by atoms with Crippen LogP contribution in [-0.2, 0) is 6.61 Å². The van der Waals surface area contributed by atoms with Crippen LogP contribution in [0.3, 0.4) is 0 Å². The van der Waals surface area contributed by atoms with Gasteiger partial charge < -0.3 is 9.64 Å². The number of ether oxygens (including phenoxy) is 1. The van der Waals surface area contributed by atoms with E-state index in [4.69, 9.17) is 10.1 Å².